The molecule has 1 fully saturated rings. The maximum atomic E-state index is 6.23. The SMILES string of the molecule is CN1CCOC(C(Oc2ccccc2)c2ccc(Cl)cc2)C1. The van der Waals surface area contributed by atoms with Gasteiger partial charge < -0.3 is 14.4 Å². The van der Waals surface area contributed by atoms with Crippen LogP contribution in [0.4, 0.5) is 0 Å². The van der Waals surface area contributed by atoms with Gasteiger partial charge >= 0.3 is 0 Å². The topological polar surface area (TPSA) is 21.7 Å². The maximum Gasteiger partial charge on any atom is 0.151 e. The van der Waals surface area contributed by atoms with Crippen molar-refractivity contribution in [1.29, 1.82) is 0 Å². The van der Waals surface area contributed by atoms with Gasteiger partial charge in [-0.1, -0.05) is 41.9 Å². The molecule has 0 radical (unpaired) electrons. The Morgan fingerprint density at radius 2 is 1.86 bits per heavy atom. The molecule has 0 saturated carbocycles. The molecule has 0 aliphatic carbocycles. The van der Waals surface area contributed by atoms with Crippen LogP contribution in [0.3, 0.4) is 0 Å². The van der Waals surface area contributed by atoms with E-state index in [0.29, 0.717) is 0 Å². The molecule has 0 aromatic heterocycles. The number of benzene rings is 2. The van der Waals surface area contributed by atoms with Crippen molar-refractivity contribution in [1.82, 2.24) is 4.90 Å². The predicted octanol–water partition coefficient (Wildman–Crippen LogP) is 3.79. The molecule has 2 atom stereocenters. The maximum absolute atomic E-state index is 6.23. The number of para-hydroxylation sites is 1. The number of rotatable bonds is 4. The van der Waals surface area contributed by atoms with Gasteiger partial charge in [-0.3, -0.25) is 0 Å². The lowest BCUT2D eigenvalue weighted by molar-refractivity contribution is -0.0759. The fraction of sp³-hybridized carbons (Fsp3) is 0.333. The summed E-state index contributed by atoms with van der Waals surface area (Å²) in [5, 5.41) is 0.726. The normalized spacial score (nSPS) is 20.5. The van der Waals surface area contributed by atoms with Gasteiger partial charge in [0.25, 0.3) is 0 Å². The van der Waals surface area contributed by atoms with Gasteiger partial charge in [0, 0.05) is 18.1 Å². The fourth-order valence-corrected chi connectivity index (χ4v) is 2.78. The average Bonchev–Trinajstić information content (AvgIpc) is 2.55. The van der Waals surface area contributed by atoms with Gasteiger partial charge in [-0.05, 0) is 36.9 Å². The summed E-state index contributed by atoms with van der Waals surface area (Å²) in [6.07, 6.45) is -0.150. The number of morpholine rings is 1. The van der Waals surface area contributed by atoms with Gasteiger partial charge in [0.05, 0.1) is 6.61 Å². The third-order valence-electron chi connectivity index (χ3n) is 3.84. The van der Waals surface area contributed by atoms with Crippen LogP contribution >= 0.6 is 11.6 Å². The fourth-order valence-electron chi connectivity index (χ4n) is 2.65. The van der Waals surface area contributed by atoms with Gasteiger partial charge in [-0.2, -0.15) is 0 Å². The van der Waals surface area contributed by atoms with E-state index in [1.54, 1.807) is 0 Å². The zero-order chi connectivity index (χ0) is 15.4. The Bertz CT molecular complexity index is 588. The number of hydrogen-bond donors (Lipinski definition) is 0. The summed E-state index contributed by atoms with van der Waals surface area (Å²) in [5.74, 6) is 0.847. The minimum Gasteiger partial charge on any atom is -0.483 e. The number of ether oxygens (including phenoxy) is 2. The van der Waals surface area contributed by atoms with E-state index < -0.39 is 0 Å². The highest BCUT2D eigenvalue weighted by Crippen LogP contribution is 2.29. The highest BCUT2D eigenvalue weighted by atomic mass is 35.5. The van der Waals surface area contributed by atoms with Crippen LogP contribution in [0.1, 0.15) is 11.7 Å². The second-order valence-corrected chi connectivity index (χ2v) is 6.01. The molecule has 1 heterocycles. The second-order valence-electron chi connectivity index (χ2n) is 5.57. The van der Waals surface area contributed by atoms with Gasteiger partial charge in [0.15, 0.2) is 6.10 Å². The van der Waals surface area contributed by atoms with Crippen molar-refractivity contribution in [2.24, 2.45) is 0 Å². The Kier molecular flexibility index (Phi) is 4.98. The van der Waals surface area contributed by atoms with E-state index in [0.717, 1.165) is 36.0 Å². The number of hydrogen-bond acceptors (Lipinski definition) is 3. The molecule has 116 valence electrons. The van der Waals surface area contributed by atoms with Crippen LogP contribution in [0.2, 0.25) is 5.02 Å². The van der Waals surface area contributed by atoms with Crippen molar-refractivity contribution in [2.45, 2.75) is 12.2 Å². The Balaban J connectivity index is 1.85. The van der Waals surface area contributed by atoms with E-state index in [1.807, 2.05) is 54.6 Å². The molecule has 1 aliphatic heterocycles. The van der Waals surface area contributed by atoms with Crippen LogP contribution in [0.5, 0.6) is 5.75 Å². The first kappa shape index (κ1) is 15.3. The quantitative estimate of drug-likeness (QED) is 0.856. The molecule has 1 saturated heterocycles. The van der Waals surface area contributed by atoms with E-state index in [2.05, 4.69) is 11.9 Å². The highest BCUT2D eigenvalue weighted by Gasteiger charge is 2.29. The van der Waals surface area contributed by atoms with Crippen LogP contribution in [0.15, 0.2) is 54.6 Å². The molecule has 2 unspecified atom stereocenters. The minimum absolute atomic E-state index is 0.000122. The van der Waals surface area contributed by atoms with Crippen LogP contribution < -0.4 is 4.74 Å². The molecule has 3 rings (SSSR count). The molecule has 0 N–H and O–H groups in total. The van der Waals surface area contributed by atoms with Gasteiger partial charge in [0.1, 0.15) is 11.9 Å². The van der Waals surface area contributed by atoms with Gasteiger partial charge in [-0.15, -0.1) is 0 Å². The Morgan fingerprint density at radius 1 is 1.14 bits per heavy atom. The van der Waals surface area contributed by atoms with Crippen molar-refractivity contribution < 1.29 is 9.47 Å². The van der Waals surface area contributed by atoms with Crippen molar-refractivity contribution >= 4 is 11.6 Å². The highest BCUT2D eigenvalue weighted by molar-refractivity contribution is 6.30. The molecule has 22 heavy (non-hydrogen) atoms. The molecule has 0 bridgehead atoms. The minimum atomic E-state index is -0.151. The summed E-state index contributed by atoms with van der Waals surface area (Å²) in [6.45, 7) is 2.53. The van der Waals surface area contributed by atoms with Crippen molar-refractivity contribution in [2.75, 3.05) is 26.7 Å². The zero-order valence-electron chi connectivity index (χ0n) is 12.6. The molecule has 0 amide bonds. The monoisotopic (exact) mass is 317 g/mol. The molecule has 1 aliphatic rings. The first-order valence-electron chi connectivity index (χ1n) is 7.50. The van der Waals surface area contributed by atoms with Crippen LogP contribution in [0.25, 0.3) is 0 Å². The lowest BCUT2D eigenvalue weighted by Gasteiger charge is -2.35. The molecular weight excluding hydrogens is 298 g/mol. The number of nitrogens with zero attached hydrogens (tertiary/aromatic N) is 1. The Morgan fingerprint density at radius 3 is 2.55 bits per heavy atom. The van der Waals surface area contributed by atoms with Gasteiger partial charge in [0.2, 0.25) is 0 Å². The zero-order valence-corrected chi connectivity index (χ0v) is 13.4. The van der Waals surface area contributed by atoms with Crippen molar-refractivity contribution in [3.05, 3.63) is 65.2 Å². The van der Waals surface area contributed by atoms with E-state index >= 15 is 0 Å². The largest absolute Gasteiger partial charge is 0.483 e. The summed E-state index contributed by atoms with van der Waals surface area (Å²) in [6, 6.07) is 17.7. The molecular formula is C18H20ClNO2. The molecule has 0 spiro atoms. The van der Waals surface area contributed by atoms with E-state index in [9.17, 15) is 0 Å². The molecule has 2 aromatic carbocycles. The summed E-state index contributed by atoms with van der Waals surface area (Å²) in [5.41, 5.74) is 1.08. The lowest BCUT2D eigenvalue weighted by Crippen LogP contribution is -2.44. The molecule has 4 heteroatoms. The van der Waals surface area contributed by atoms with Crippen LogP contribution in [0, 0.1) is 0 Å². The van der Waals surface area contributed by atoms with Crippen LogP contribution in [-0.2, 0) is 4.74 Å². The predicted molar refractivity (Wildman–Crippen MR) is 88.5 cm³/mol. The Hall–Kier alpha value is -1.55. The number of halogens is 1. The smallest absolute Gasteiger partial charge is 0.151 e. The number of likely N-dealkylation sites (N-methyl/N-ethyl adjacent to an activating group) is 1. The summed E-state index contributed by atoms with van der Waals surface area (Å²) < 4.78 is 12.2. The third-order valence-corrected chi connectivity index (χ3v) is 4.09. The third kappa shape index (κ3) is 3.80. The summed E-state index contributed by atoms with van der Waals surface area (Å²) >= 11 is 6.01. The van der Waals surface area contributed by atoms with E-state index in [4.69, 9.17) is 21.1 Å². The summed E-state index contributed by atoms with van der Waals surface area (Å²) in [7, 11) is 2.11. The summed E-state index contributed by atoms with van der Waals surface area (Å²) in [4.78, 5) is 2.27. The molecule has 2 aromatic rings. The molecule has 3 nitrogen and oxygen atoms in total. The first-order chi connectivity index (χ1) is 10.7. The second kappa shape index (κ2) is 7.14. The van der Waals surface area contributed by atoms with E-state index in [-0.39, 0.29) is 12.2 Å². The van der Waals surface area contributed by atoms with Gasteiger partial charge in [-0.25, -0.2) is 0 Å². The van der Waals surface area contributed by atoms with E-state index in [1.165, 1.54) is 0 Å². The van der Waals surface area contributed by atoms with Crippen LogP contribution in [-0.4, -0.2) is 37.7 Å². The standard InChI is InChI=1S/C18H20ClNO2/c1-20-11-12-21-17(13-20)18(14-7-9-15(19)10-8-14)22-16-5-3-2-4-6-16/h2-10,17-18H,11-13H2,1H3. The Labute approximate surface area is 136 Å². The van der Waals surface area contributed by atoms with Crippen molar-refractivity contribution in [3.63, 3.8) is 0 Å². The lowest BCUT2D eigenvalue weighted by atomic mass is 10.0. The first-order valence-corrected chi connectivity index (χ1v) is 7.87. The average molecular weight is 318 g/mol. The van der Waals surface area contributed by atoms with Crippen molar-refractivity contribution in [3.8, 4) is 5.75 Å².